The van der Waals surface area contributed by atoms with Gasteiger partial charge in [-0.25, -0.2) is 14.4 Å². The molecule has 1 aliphatic heterocycles. The van der Waals surface area contributed by atoms with Gasteiger partial charge in [-0.15, -0.1) is 0 Å². The molecule has 6 nitrogen and oxygen atoms in total. The van der Waals surface area contributed by atoms with E-state index in [1.165, 1.54) is 12.1 Å². The Balaban J connectivity index is 1.75. The molecule has 3 aromatic carbocycles. The van der Waals surface area contributed by atoms with Gasteiger partial charge in [0.2, 0.25) is 12.4 Å². The van der Waals surface area contributed by atoms with Crippen LogP contribution >= 0.6 is 0 Å². The number of carbonyl (C=O) groups excluding carboxylic acids is 1. The van der Waals surface area contributed by atoms with E-state index in [-0.39, 0.29) is 12.6 Å². The summed E-state index contributed by atoms with van der Waals surface area (Å²) in [7, 11) is 0. The summed E-state index contributed by atoms with van der Waals surface area (Å²) in [5.74, 6) is -0.273. The topological polar surface area (TPSA) is 92.3 Å². The zero-order valence-electron chi connectivity index (χ0n) is 16.5. The van der Waals surface area contributed by atoms with Gasteiger partial charge in [-0.3, -0.25) is 4.79 Å². The first-order valence-electron chi connectivity index (χ1n) is 9.84. The Morgan fingerprint density at radius 2 is 1.97 bits per heavy atom. The minimum Gasteiger partial charge on any atom is -0.392 e. The van der Waals surface area contributed by atoms with Gasteiger partial charge < -0.3 is 15.7 Å². The number of fused-ring (bicyclic) bond motifs is 2. The van der Waals surface area contributed by atoms with Crippen LogP contribution in [0.25, 0.3) is 22.0 Å². The van der Waals surface area contributed by atoms with Crippen LogP contribution in [0, 0.1) is 5.82 Å². The molecule has 0 bridgehead atoms. The highest BCUT2D eigenvalue weighted by Gasteiger charge is 2.33. The van der Waals surface area contributed by atoms with Crippen LogP contribution < -0.4 is 5.73 Å². The number of hydrogen-bond donors (Lipinski definition) is 2. The van der Waals surface area contributed by atoms with E-state index in [2.05, 4.69) is 9.97 Å². The monoisotopic (exact) mass is 414 g/mol. The molecule has 1 unspecified atom stereocenters. The van der Waals surface area contributed by atoms with Crippen LogP contribution in [0.5, 0.6) is 0 Å². The maximum Gasteiger partial charge on any atom is 0.220 e. The van der Waals surface area contributed by atoms with Crippen molar-refractivity contribution in [3.63, 3.8) is 0 Å². The van der Waals surface area contributed by atoms with Crippen molar-refractivity contribution in [3.05, 3.63) is 88.9 Å². The number of amides is 1. The third-order valence-corrected chi connectivity index (χ3v) is 5.72. The first-order chi connectivity index (χ1) is 15.1. The SMILES string of the molecule is Nc1nc(C2c3ccccc3CN2C=O)c2cc(-c3cc(F)ccc3CO)ccc2n1. The summed E-state index contributed by atoms with van der Waals surface area (Å²) in [6.45, 7) is 0.266. The summed E-state index contributed by atoms with van der Waals surface area (Å²) in [5, 5.41) is 10.4. The van der Waals surface area contributed by atoms with Crippen LogP contribution in [0.15, 0.2) is 60.7 Å². The quantitative estimate of drug-likeness (QED) is 0.498. The normalized spacial score (nSPS) is 15.3. The summed E-state index contributed by atoms with van der Waals surface area (Å²) in [4.78, 5) is 22.4. The maximum absolute atomic E-state index is 14.0. The van der Waals surface area contributed by atoms with E-state index in [0.717, 1.165) is 23.1 Å². The third kappa shape index (κ3) is 3.19. The Labute approximate surface area is 177 Å². The predicted molar refractivity (Wildman–Crippen MR) is 115 cm³/mol. The number of carbonyl (C=O) groups is 1. The van der Waals surface area contributed by atoms with Gasteiger partial charge in [0.25, 0.3) is 0 Å². The number of benzene rings is 3. The highest BCUT2D eigenvalue weighted by molar-refractivity contribution is 5.88. The van der Waals surface area contributed by atoms with E-state index in [1.807, 2.05) is 36.4 Å². The predicted octanol–water partition coefficient (Wildman–Crippen LogP) is 3.57. The Morgan fingerprint density at radius 1 is 1.13 bits per heavy atom. The third-order valence-electron chi connectivity index (χ3n) is 5.72. The molecule has 7 heteroatoms. The van der Waals surface area contributed by atoms with Gasteiger partial charge in [0.15, 0.2) is 0 Å². The molecule has 2 heterocycles. The second-order valence-electron chi connectivity index (χ2n) is 7.54. The van der Waals surface area contributed by atoms with Crippen LogP contribution in [-0.4, -0.2) is 26.4 Å². The van der Waals surface area contributed by atoms with Crippen LogP contribution in [0.1, 0.15) is 28.4 Å². The average molecular weight is 414 g/mol. The van der Waals surface area contributed by atoms with Crippen LogP contribution in [-0.2, 0) is 17.9 Å². The molecule has 4 aromatic rings. The molecule has 0 saturated heterocycles. The Bertz CT molecular complexity index is 1320. The Hall–Kier alpha value is -3.84. The van der Waals surface area contributed by atoms with Crippen molar-refractivity contribution in [1.29, 1.82) is 0 Å². The van der Waals surface area contributed by atoms with Crippen molar-refractivity contribution in [2.45, 2.75) is 19.2 Å². The smallest absolute Gasteiger partial charge is 0.220 e. The molecule has 1 aliphatic rings. The van der Waals surface area contributed by atoms with Crippen molar-refractivity contribution in [2.24, 2.45) is 0 Å². The van der Waals surface area contributed by atoms with Gasteiger partial charge in [0, 0.05) is 11.9 Å². The molecular formula is C24H19FN4O2. The average Bonchev–Trinajstić information content (AvgIpc) is 3.16. The summed E-state index contributed by atoms with van der Waals surface area (Å²) < 4.78 is 14.0. The molecule has 3 N–H and O–H groups in total. The van der Waals surface area contributed by atoms with Crippen LogP contribution in [0.4, 0.5) is 10.3 Å². The second-order valence-corrected chi connectivity index (χ2v) is 7.54. The standard InChI is InChI=1S/C24H19FN4O2/c25-17-7-5-16(12-30)19(10-17)14-6-8-21-20(9-14)22(28-24(26)27-21)23-18-4-2-1-3-15(18)11-29(23)13-31/h1-10,13,23,30H,11-12H2,(H2,26,27,28). The lowest BCUT2D eigenvalue weighted by Gasteiger charge is -2.22. The Morgan fingerprint density at radius 3 is 2.77 bits per heavy atom. The van der Waals surface area contributed by atoms with Gasteiger partial charge in [0.1, 0.15) is 11.9 Å². The number of anilines is 1. The van der Waals surface area contributed by atoms with Crippen molar-refractivity contribution in [2.75, 3.05) is 5.73 Å². The van der Waals surface area contributed by atoms with E-state index in [4.69, 9.17) is 5.73 Å². The van der Waals surface area contributed by atoms with Crippen molar-refractivity contribution >= 4 is 23.3 Å². The number of nitrogen functional groups attached to an aromatic ring is 1. The fourth-order valence-corrected chi connectivity index (χ4v) is 4.32. The molecule has 1 aromatic heterocycles. The molecule has 0 fully saturated rings. The summed E-state index contributed by atoms with van der Waals surface area (Å²) in [5.41, 5.74) is 11.2. The minimum atomic E-state index is -0.401. The zero-order chi connectivity index (χ0) is 21.5. The van der Waals surface area contributed by atoms with Gasteiger partial charge in [-0.1, -0.05) is 36.4 Å². The van der Waals surface area contributed by atoms with Crippen LogP contribution in [0.3, 0.4) is 0 Å². The van der Waals surface area contributed by atoms with Crippen LogP contribution in [0.2, 0.25) is 0 Å². The highest BCUT2D eigenvalue weighted by atomic mass is 19.1. The van der Waals surface area contributed by atoms with E-state index in [1.54, 1.807) is 17.0 Å². The number of nitrogens with two attached hydrogens (primary N) is 1. The minimum absolute atomic E-state index is 0.118. The zero-order valence-corrected chi connectivity index (χ0v) is 16.5. The van der Waals surface area contributed by atoms with E-state index >= 15 is 0 Å². The number of halogens is 1. The second kappa shape index (κ2) is 7.45. The molecule has 31 heavy (non-hydrogen) atoms. The molecule has 0 radical (unpaired) electrons. The number of hydrogen-bond acceptors (Lipinski definition) is 5. The van der Waals surface area contributed by atoms with E-state index in [9.17, 15) is 14.3 Å². The largest absolute Gasteiger partial charge is 0.392 e. The summed E-state index contributed by atoms with van der Waals surface area (Å²) in [6, 6.07) is 17.2. The molecule has 1 amide bonds. The number of aliphatic hydroxyl groups excluding tert-OH is 1. The van der Waals surface area contributed by atoms with Gasteiger partial charge in [-0.2, -0.15) is 0 Å². The van der Waals surface area contributed by atoms with Gasteiger partial charge in [0.05, 0.1) is 17.8 Å². The van der Waals surface area contributed by atoms with Crippen molar-refractivity contribution in [3.8, 4) is 11.1 Å². The molecular weight excluding hydrogens is 395 g/mol. The first kappa shape index (κ1) is 19.1. The van der Waals surface area contributed by atoms with Gasteiger partial charge >= 0.3 is 0 Å². The number of aromatic nitrogens is 2. The molecule has 0 aliphatic carbocycles. The fraction of sp³-hybridized carbons (Fsp3) is 0.125. The van der Waals surface area contributed by atoms with Crippen molar-refractivity contribution < 1.29 is 14.3 Å². The lowest BCUT2D eigenvalue weighted by molar-refractivity contribution is -0.119. The number of aliphatic hydroxyl groups is 1. The number of nitrogens with zero attached hydrogens (tertiary/aromatic N) is 3. The van der Waals surface area contributed by atoms with E-state index in [0.29, 0.717) is 34.3 Å². The molecule has 5 rings (SSSR count). The maximum atomic E-state index is 14.0. The summed E-state index contributed by atoms with van der Waals surface area (Å²) in [6.07, 6.45) is 0.815. The van der Waals surface area contributed by atoms with E-state index < -0.39 is 11.9 Å². The lowest BCUT2D eigenvalue weighted by Crippen LogP contribution is -2.22. The Kier molecular flexibility index (Phi) is 4.60. The fourth-order valence-electron chi connectivity index (χ4n) is 4.32. The number of rotatable bonds is 4. The lowest BCUT2D eigenvalue weighted by atomic mass is 9.95. The highest BCUT2D eigenvalue weighted by Crippen LogP contribution is 2.40. The van der Waals surface area contributed by atoms with Gasteiger partial charge in [-0.05, 0) is 52.1 Å². The van der Waals surface area contributed by atoms with Crippen molar-refractivity contribution in [1.82, 2.24) is 14.9 Å². The molecule has 0 saturated carbocycles. The molecule has 154 valence electrons. The first-order valence-corrected chi connectivity index (χ1v) is 9.84. The molecule has 0 spiro atoms. The molecule has 1 atom stereocenters. The summed E-state index contributed by atoms with van der Waals surface area (Å²) >= 11 is 0.